The van der Waals surface area contributed by atoms with E-state index in [1.165, 1.54) is 19.6 Å². The van der Waals surface area contributed by atoms with Crippen LogP contribution in [0.4, 0.5) is 0 Å². The van der Waals surface area contributed by atoms with Crippen LogP contribution < -0.4 is 9.47 Å². The number of nitrogens with zero attached hydrogens (tertiary/aromatic N) is 1. The molecule has 3 rings (SSSR count). The Morgan fingerprint density at radius 3 is 2.34 bits per heavy atom. The minimum absolute atomic E-state index is 0.0645. The van der Waals surface area contributed by atoms with Gasteiger partial charge in [0.15, 0.2) is 5.78 Å². The third kappa shape index (κ3) is 4.98. The lowest BCUT2D eigenvalue weighted by Gasteiger charge is -2.28. The number of phenolic OH excluding ortho intramolecular Hbond substituents is 1. The number of aromatic hydroxyl groups is 1. The Bertz CT molecular complexity index is 881. The summed E-state index contributed by atoms with van der Waals surface area (Å²) in [5.74, 6) is 0.470. The summed E-state index contributed by atoms with van der Waals surface area (Å²) in [5, 5.41) is 11.0. The Morgan fingerprint density at radius 2 is 1.72 bits per heavy atom. The molecule has 0 aromatic heterocycles. The summed E-state index contributed by atoms with van der Waals surface area (Å²) in [6.07, 6.45) is 6.74. The van der Waals surface area contributed by atoms with Crippen molar-refractivity contribution in [3.8, 4) is 17.2 Å². The summed E-state index contributed by atoms with van der Waals surface area (Å²) >= 11 is 0. The van der Waals surface area contributed by atoms with Crippen molar-refractivity contribution in [2.75, 3.05) is 27.3 Å². The molecule has 0 radical (unpaired) electrons. The molecule has 29 heavy (non-hydrogen) atoms. The topological polar surface area (TPSA) is 59.0 Å². The Balaban J connectivity index is 1.94. The molecule has 0 bridgehead atoms. The molecule has 1 heterocycles. The first-order valence-electron chi connectivity index (χ1n) is 10.0. The van der Waals surface area contributed by atoms with Crippen LogP contribution in [-0.4, -0.2) is 43.1 Å². The monoisotopic (exact) mass is 395 g/mol. The first-order chi connectivity index (χ1) is 14.0. The van der Waals surface area contributed by atoms with E-state index in [0.29, 0.717) is 23.6 Å². The Hall–Kier alpha value is -2.79. The van der Waals surface area contributed by atoms with Gasteiger partial charge in [-0.3, -0.25) is 9.69 Å². The Morgan fingerprint density at radius 1 is 1.07 bits per heavy atom. The third-order valence-electron chi connectivity index (χ3n) is 5.35. The highest BCUT2D eigenvalue weighted by Gasteiger charge is 2.24. The molecular weight excluding hydrogens is 366 g/mol. The van der Waals surface area contributed by atoms with E-state index in [-0.39, 0.29) is 17.1 Å². The van der Waals surface area contributed by atoms with E-state index in [9.17, 15) is 9.90 Å². The molecule has 5 heteroatoms. The summed E-state index contributed by atoms with van der Waals surface area (Å²) in [7, 11) is 3.05. The maximum Gasteiger partial charge on any atom is 0.193 e. The van der Waals surface area contributed by atoms with Crippen molar-refractivity contribution in [1.82, 2.24) is 4.90 Å². The Labute approximate surface area is 172 Å². The zero-order valence-corrected chi connectivity index (χ0v) is 17.4. The SMILES string of the molecule is COc1cc(OC)c(C(=O)/C=C/c2ccc(C)cc2)c(O)c1CN1CCCCC1. The van der Waals surface area contributed by atoms with E-state index in [0.717, 1.165) is 37.1 Å². The number of likely N-dealkylation sites (tertiary alicyclic amines) is 1. The maximum atomic E-state index is 12.9. The van der Waals surface area contributed by atoms with Gasteiger partial charge in [0.05, 0.1) is 19.8 Å². The molecule has 0 atom stereocenters. The molecule has 2 aromatic rings. The number of rotatable bonds is 7. The van der Waals surface area contributed by atoms with Gasteiger partial charge in [0, 0.05) is 12.6 Å². The molecule has 0 aliphatic carbocycles. The number of ketones is 1. The standard InChI is InChI=1S/C24H29NO4/c1-17-7-9-18(10-8-17)11-12-20(26)23-22(29-3)15-21(28-2)19(24(23)27)16-25-13-5-4-6-14-25/h7-12,15,27H,4-6,13-14,16H2,1-3H3/b12-11+. The number of hydrogen-bond acceptors (Lipinski definition) is 5. The number of carbonyl (C=O) groups is 1. The second-order valence-corrected chi connectivity index (χ2v) is 7.43. The van der Waals surface area contributed by atoms with Crippen LogP contribution in [-0.2, 0) is 6.54 Å². The van der Waals surface area contributed by atoms with Crippen LogP contribution in [0.25, 0.3) is 6.08 Å². The number of phenols is 1. The van der Waals surface area contributed by atoms with Crippen molar-refractivity contribution in [3.63, 3.8) is 0 Å². The minimum atomic E-state index is -0.303. The van der Waals surface area contributed by atoms with Gasteiger partial charge in [0.1, 0.15) is 22.8 Å². The predicted octanol–water partition coefficient (Wildman–Crippen LogP) is 4.60. The number of allylic oxidation sites excluding steroid dienone is 1. The van der Waals surface area contributed by atoms with Crippen LogP contribution in [0.5, 0.6) is 17.2 Å². The van der Waals surface area contributed by atoms with Gasteiger partial charge in [0.25, 0.3) is 0 Å². The number of benzene rings is 2. The van der Waals surface area contributed by atoms with Crippen molar-refractivity contribution < 1.29 is 19.4 Å². The van der Waals surface area contributed by atoms with Gasteiger partial charge in [-0.05, 0) is 44.5 Å². The number of ether oxygens (including phenoxy) is 2. The molecule has 0 spiro atoms. The quantitative estimate of drug-likeness (QED) is 0.548. The minimum Gasteiger partial charge on any atom is -0.507 e. The van der Waals surface area contributed by atoms with Crippen molar-refractivity contribution in [2.24, 2.45) is 0 Å². The van der Waals surface area contributed by atoms with E-state index in [1.54, 1.807) is 19.3 Å². The molecule has 0 amide bonds. The zero-order valence-electron chi connectivity index (χ0n) is 17.4. The van der Waals surface area contributed by atoms with Crippen LogP contribution in [0.3, 0.4) is 0 Å². The lowest BCUT2D eigenvalue weighted by Crippen LogP contribution is -2.29. The molecule has 2 aromatic carbocycles. The molecule has 1 aliphatic rings. The molecule has 1 aliphatic heterocycles. The average molecular weight is 395 g/mol. The van der Waals surface area contributed by atoms with Crippen LogP contribution >= 0.6 is 0 Å². The molecular formula is C24H29NO4. The van der Waals surface area contributed by atoms with Gasteiger partial charge in [-0.2, -0.15) is 0 Å². The number of methoxy groups -OCH3 is 2. The zero-order chi connectivity index (χ0) is 20.8. The van der Waals surface area contributed by atoms with E-state index >= 15 is 0 Å². The van der Waals surface area contributed by atoms with Gasteiger partial charge in [0.2, 0.25) is 0 Å². The van der Waals surface area contributed by atoms with E-state index < -0.39 is 0 Å². The fraction of sp³-hybridized carbons (Fsp3) is 0.375. The van der Waals surface area contributed by atoms with Gasteiger partial charge >= 0.3 is 0 Å². The summed E-state index contributed by atoms with van der Waals surface area (Å²) < 4.78 is 10.9. The highest BCUT2D eigenvalue weighted by atomic mass is 16.5. The largest absolute Gasteiger partial charge is 0.507 e. The van der Waals surface area contributed by atoms with E-state index in [1.807, 2.05) is 31.2 Å². The van der Waals surface area contributed by atoms with Crippen LogP contribution in [0.2, 0.25) is 0 Å². The van der Waals surface area contributed by atoms with Gasteiger partial charge in [-0.25, -0.2) is 0 Å². The lowest BCUT2D eigenvalue weighted by atomic mass is 10.00. The Kier molecular flexibility index (Phi) is 6.94. The summed E-state index contributed by atoms with van der Waals surface area (Å²) in [6.45, 7) is 4.51. The number of aryl methyl sites for hydroxylation is 1. The van der Waals surface area contributed by atoms with Crippen molar-refractivity contribution in [3.05, 3.63) is 58.7 Å². The normalized spacial score (nSPS) is 14.9. The first kappa shape index (κ1) is 20.9. The highest BCUT2D eigenvalue weighted by Crippen LogP contribution is 2.40. The van der Waals surface area contributed by atoms with Crippen LogP contribution in [0, 0.1) is 6.92 Å². The maximum absolute atomic E-state index is 12.9. The van der Waals surface area contributed by atoms with Crippen molar-refractivity contribution in [1.29, 1.82) is 0 Å². The number of hydrogen-bond donors (Lipinski definition) is 1. The van der Waals surface area contributed by atoms with Gasteiger partial charge in [-0.15, -0.1) is 0 Å². The molecule has 1 saturated heterocycles. The van der Waals surface area contributed by atoms with Crippen LogP contribution in [0.15, 0.2) is 36.4 Å². The van der Waals surface area contributed by atoms with E-state index in [4.69, 9.17) is 9.47 Å². The van der Waals surface area contributed by atoms with Crippen molar-refractivity contribution in [2.45, 2.75) is 32.7 Å². The summed E-state index contributed by atoms with van der Waals surface area (Å²) in [6, 6.07) is 9.57. The molecule has 1 N–H and O–H groups in total. The lowest BCUT2D eigenvalue weighted by molar-refractivity contribution is 0.104. The third-order valence-corrected chi connectivity index (χ3v) is 5.35. The molecule has 154 valence electrons. The average Bonchev–Trinajstić information content (AvgIpc) is 2.75. The van der Waals surface area contributed by atoms with E-state index in [2.05, 4.69) is 4.90 Å². The highest BCUT2D eigenvalue weighted by molar-refractivity contribution is 6.11. The smallest absolute Gasteiger partial charge is 0.193 e. The molecule has 5 nitrogen and oxygen atoms in total. The molecule has 1 fully saturated rings. The molecule has 0 unspecified atom stereocenters. The number of carbonyl (C=O) groups excluding carboxylic acids is 1. The van der Waals surface area contributed by atoms with Crippen LogP contribution in [0.1, 0.15) is 46.3 Å². The second kappa shape index (κ2) is 9.61. The second-order valence-electron chi connectivity index (χ2n) is 7.43. The van der Waals surface area contributed by atoms with Gasteiger partial charge in [-0.1, -0.05) is 42.3 Å². The number of piperidine rings is 1. The predicted molar refractivity (Wildman–Crippen MR) is 115 cm³/mol. The summed E-state index contributed by atoms with van der Waals surface area (Å²) in [5.41, 5.74) is 2.88. The fourth-order valence-electron chi connectivity index (χ4n) is 3.67. The summed E-state index contributed by atoms with van der Waals surface area (Å²) in [4.78, 5) is 15.2. The first-order valence-corrected chi connectivity index (χ1v) is 10.0. The molecule has 0 saturated carbocycles. The van der Waals surface area contributed by atoms with Crippen molar-refractivity contribution >= 4 is 11.9 Å². The fourth-order valence-corrected chi connectivity index (χ4v) is 3.67. The van der Waals surface area contributed by atoms with Gasteiger partial charge < -0.3 is 14.6 Å².